The molecule has 2 spiro atoms. The Bertz CT molecular complexity index is 6340. The van der Waals surface area contributed by atoms with Crippen LogP contribution in [0.15, 0.2) is 0 Å². The third-order valence-electron chi connectivity index (χ3n) is 24.5. The van der Waals surface area contributed by atoms with E-state index in [2.05, 4.69) is 5.32 Å². The van der Waals surface area contributed by atoms with Gasteiger partial charge in [-0.1, -0.05) is 0 Å². The van der Waals surface area contributed by atoms with Crippen molar-refractivity contribution >= 4 is 291 Å². The fraction of sp³-hybridized carbons (Fsp3) is 0.0645. The molecule has 28 aromatic carbocycles. The Kier molecular flexibility index (Phi) is 1.65. The van der Waals surface area contributed by atoms with Crippen molar-refractivity contribution < 1.29 is 0 Å². The number of benzene rings is 18. The van der Waals surface area contributed by atoms with Crippen molar-refractivity contribution in [2.75, 3.05) is 13.1 Å². The van der Waals surface area contributed by atoms with Crippen molar-refractivity contribution in [2.45, 2.75) is 10.8 Å². The van der Waals surface area contributed by atoms with E-state index < -0.39 is 0 Å². The predicted octanol–water partition coefficient (Wildman–Crippen LogP) is 15.9. The highest BCUT2D eigenvalue weighted by Gasteiger charge is 2.71. The average Bonchev–Trinajstić information content (AvgIpc) is 4.12. The van der Waals surface area contributed by atoms with Gasteiger partial charge in [-0.3, -0.25) is 0 Å². The van der Waals surface area contributed by atoms with Gasteiger partial charge in [0.2, 0.25) is 0 Å². The van der Waals surface area contributed by atoms with Gasteiger partial charge in [0, 0.05) is 13.1 Å². The van der Waals surface area contributed by atoms with Gasteiger partial charge in [-0.2, -0.15) is 0 Å². The van der Waals surface area contributed by atoms with Gasteiger partial charge in [-0.25, -0.2) is 0 Å². The van der Waals surface area contributed by atoms with Gasteiger partial charge in [0.25, 0.3) is 0 Å². The summed E-state index contributed by atoms with van der Waals surface area (Å²) in [5.74, 6) is 0. The summed E-state index contributed by atoms with van der Waals surface area (Å²) in [5, 5.41) is 95.6. The van der Waals surface area contributed by atoms with Gasteiger partial charge in [0.1, 0.15) is 0 Å². The fourth-order valence-electron chi connectivity index (χ4n) is 24.7. The SMILES string of the molecule is C1NCC23c4c5c6c7c8c9c(c%10c%11c2c2c4c4c%12c5c5c6c6c8c8c%13c9c9c%10c%10c%11c%11c2c2c4c4c%12c%12c5c5c6c8c6c8c%13c9c9c%10c%10c%11c2c2c4c4c%12c5c6c5c8c9c%10c2c45)C173. The van der Waals surface area contributed by atoms with Crippen LogP contribution in [0, 0.1) is 0 Å². The van der Waals surface area contributed by atoms with Crippen LogP contribution in [0.5, 0.6) is 0 Å². The number of rotatable bonds is 0. The lowest BCUT2D eigenvalue weighted by Gasteiger charge is -2.49. The monoisotopic (exact) mass is 763 g/mol. The van der Waals surface area contributed by atoms with E-state index in [0.717, 1.165) is 13.1 Å². The van der Waals surface area contributed by atoms with Crippen molar-refractivity contribution in [1.29, 1.82) is 0 Å². The van der Waals surface area contributed by atoms with E-state index in [1.165, 1.54) is 0 Å². The average molecular weight is 764 g/mol. The van der Waals surface area contributed by atoms with E-state index in [9.17, 15) is 0 Å². The van der Waals surface area contributed by atoms with Crippen molar-refractivity contribution in [1.82, 2.24) is 5.32 Å². The topological polar surface area (TPSA) is 12.0 Å². The molecule has 0 unspecified atom stereocenters. The first-order chi connectivity index (χ1) is 31.4. The standard InChI is InChI=1S/C62H5N/c1-61-57-49-41-31-21-13-5-3-4-7-11-9(5)17-25-19(11)29-23-15(7)16-8(4)12-10-6(3)14(13)22-28-18(10)26-20(12)30-24(16)34-33(23)43-37(29)47-39(25)45(35(41)27(17)21)53(57)55(47)59-51(43)52-44(34)38(30)48-40(26)46-36(28)42(32(22)31)50(49)58(61)54(46)56(48)60(52)62(59,61)2-63-1/h63H,1-2H2. The second-order valence-electron chi connectivity index (χ2n) is 24.2. The highest BCUT2D eigenvalue weighted by Crippen LogP contribution is 2.84. The third kappa shape index (κ3) is 1.07. The molecule has 0 aromatic heterocycles. The highest BCUT2D eigenvalue weighted by molar-refractivity contribution is 6.82. The summed E-state index contributed by atoms with van der Waals surface area (Å²) >= 11 is 0. The van der Waals surface area contributed by atoms with E-state index >= 15 is 0 Å². The van der Waals surface area contributed by atoms with Crippen LogP contribution in [0.3, 0.4) is 0 Å². The Balaban J connectivity index is 1.31. The summed E-state index contributed by atoms with van der Waals surface area (Å²) in [6.45, 7) is 2.12. The molecule has 0 atom stereocenters. The molecule has 1 aliphatic heterocycles. The van der Waals surface area contributed by atoms with Gasteiger partial charge in [-0.05, 0) is 313 Å². The van der Waals surface area contributed by atoms with Crippen LogP contribution < -0.4 is 5.32 Å². The quantitative estimate of drug-likeness (QED) is 0.152. The van der Waals surface area contributed by atoms with E-state index in [4.69, 9.17) is 0 Å². The molecule has 1 N–H and O–H groups in total. The molecule has 63 heavy (non-hydrogen) atoms. The molecule has 1 fully saturated rings. The van der Waals surface area contributed by atoms with Crippen LogP contribution in [0.4, 0.5) is 0 Å². The van der Waals surface area contributed by atoms with Gasteiger partial charge < -0.3 is 5.32 Å². The Labute approximate surface area is 340 Å². The molecule has 1 heteroatoms. The highest BCUT2D eigenvalue weighted by atomic mass is 15.0. The van der Waals surface area contributed by atoms with E-state index in [1.54, 1.807) is 313 Å². The number of nitrogens with one attached hydrogen (secondary N) is 1. The minimum absolute atomic E-state index is 0.113. The van der Waals surface area contributed by atoms with Crippen LogP contribution in [-0.2, 0) is 10.8 Å². The Morgan fingerprint density at radius 2 is 0.238 bits per heavy atom. The van der Waals surface area contributed by atoms with E-state index in [1.807, 2.05) is 0 Å². The van der Waals surface area contributed by atoms with Crippen LogP contribution in [-0.4, -0.2) is 13.1 Å². The molecule has 1 saturated heterocycles. The molecule has 0 bridgehead atoms. The maximum absolute atomic E-state index is 4.40. The summed E-state index contributed by atoms with van der Waals surface area (Å²) in [5.41, 5.74) is 6.95. The largest absolute Gasteiger partial charge is 0.314 e. The number of hydrogen-bond donors (Lipinski definition) is 1. The minimum Gasteiger partial charge on any atom is -0.314 e. The predicted molar refractivity (Wildman–Crippen MR) is 267 cm³/mol. The summed E-state index contributed by atoms with van der Waals surface area (Å²) in [6.07, 6.45) is 0. The van der Waals surface area contributed by atoms with Crippen molar-refractivity contribution in [3.05, 3.63) is 22.3 Å². The molecular formula is C62H5N. The van der Waals surface area contributed by atoms with Crippen molar-refractivity contribution in [2.24, 2.45) is 0 Å². The molecule has 28 aromatic rings. The van der Waals surface area contributed by atoms with Crippen molar-refractivity contribution in [3.8, 4) is 0 Å². The van der Waals surface area contributed by atoms with Crippen LogP contribution in [0.1, 0.15) is 22.3 Å². The number of hydrogen-bond acceptors (Lipinski definition) is 1. The molecule has 4 aliphatic carbocycles. The summed E-state index contributed by atoms with van der Waals surface area (Å²) in [6, 6.07) is 0. The van der Waals surface area contributed by atoms with E-state index in [-0.39, 0.29) is 10.8 Å². The molecule has 1 nitrogen and oxygen atoms in total. The molecule has 0 radical (unpaired) electrons. The fourth-order valence-corrected chi connectivity index (χ4v) is 24.7. The maximum Gasteiger partial charge on any atom is 0.0502 e. The van der Waals surface area contributed by atoms with Crippen LogP contribution in [0.25, 0.3) is 291 Å². The zero-order valence-corrected chi connectivity index (χ0v) is 31.9. The van der Waals surface area contributed by atoms with Crippen molar-refractivity contribution in [3.63, 3.8) is 0 Å². The van der Waals surface area contributed by atoms with Gasteiger partial charge in [0.05, 0.1) is 10.8 Å². The van der Waals surface area contributed by atoms with Crippen LogP contribution in [0.2, 0.25) is 0 Å². The van der Waals surface area contributed by atoms with E-state index in [0.29, 0.717) is 0 Å². The lowest BCUT2D eigenvalue weighted by atomic mass is 9.50. The lowest BCUT2D eigenvalue weighted by molar-refractivity contribution is 0.415. The third-order valence-corrected chi connectivity index (χ3v) is 24.5. The molecule has 1 heterocycles. The van der Waals surface area contributed by atoms with Gasteiger partial charge in [0.15, 0.2) is 0 Å². The van der Waals surface area contributed by atoms with Crippen LogP contribution >= 0.6 is 0 Å². The molecule has 0 amide bonds. The summed E-state index contributed by atoms with van der Waals surface area (Å²) in [4.78, 5) is 0. The minimum atomic E-state index is -0.113. The smallest absolute Gasteiger partial charge is 0.0502 e. The second kappa shape index (κ2) is 4.72. The molecule has 33 rings (SSSR count). The Hall–Kier alpha value is -7.58. The second-order valence-corrected chi connectivity index (χ2v) is 24.2. The molecule has 5 aliphatic rings. The zero-order valence-electron chi connectivity index (χ0n) is 31.9. The van der Waals surface area contributed by atoms with Gasteiger partial charge >= 0.3 is 0 Å². The Morgan fingerprint density at radius 3 is 0.349 bits per heavy atom. The first-order valence-electron chi connectivity index (χ1n) is 23.9. The maximum atomic E-state index is 4.40. The first-order valence-corrected chi connectivity index (χ1v) is 23.9. The van der Waals surface area contributed by atoms with Gasteiger partial charge in [-0.15, -0.1) is 0 Å². The summed E-state index contributed by atoms with van der Waals surface area (Å²) in [7, 11) is 0. The molecule has 0 saturated carbocycles. The lowest BCUT2D eigenvalue weighted by Crippen LogP contribution is -2.51. The first kappa shape index (κ1) is 22.0. The normalized spacial score (nSPS) is 23.8. The summed E-state index contributed by atoms with van der Waals surface area (Å²) < 4.78 is 0. The molecular weight excluding hydrogens is 759 g/mol. The Morgan fingerprint density at radius 1 is 0.143 bits per heavy atom. The zero-order chi connectivity index (χ0) is 36.6. The molecule has 258 valence electrons.